The Morgan fingerprint density at radius 2 is 1.91 bits per heavy atom. The van der Waals surface area contributed by atoms with Crippen LogP contribution in [0.1, 0.15) is 12.5 Å². The summed E-state index contributed by atoms with van der Waals surface area (Å²) >= 11 is 0. The lowest BCUT2D eigenvalue weighted by Gasteiger charge is -2.17. The number of fused-ring (bicyclic) bond motifs is 1. The first-order valence-electron chi connectivity index (χ1n) is 7.81. The van der Waals surface area contributed by atoms with Crippen LogP contribution in [0.2, 0.25) is 0 Å². The summed E-state index contributed by atoms with van der Waals surface area (Å²) in [5.41, 5.74) is 1.97. The fraction of sp³-hybridized carbons (Fsp3) is 0.278. The van der Waals surface area contributed by atoms with Crippen LogP contribution in [0.3, 0.4) is 0 Å². The minimum atomic E-state index is -0.00311. The Bertz CT molecular complexity index is 673. The number of quaternary nitrogens is 1. The monoisotopic (exact) mass is 313 g/mol. The van der Waals surface area contributed by atoms with Crippen molar-refractivity contribution in [2.45, 2.75) is 13.5 Å². The number of likely N-dealkylation sites (N-methyl/N-ethyl adjacent to an activating group) is 1. The maximum Gasteiger partial charge on any atom is 0.279 e. The second kappa shape index (κ2) is 7.15. The van der Waals surface area contributed by atoms with Gasteiger partial charge in [-0.2, -0.15) is 0 Å². The molecule has 1 atom stereocenters. The smallest absolute Gasteiger partial charge is 0.279 e. The van der Waals surface area contributed by atoms with Gasteiger partial charge in [-0.3, -0.25) is 4.79 Å². The fourth-order valence-electron chi connectivity index (χ4n) is 2.60. The van der Waals surface area contributed by atoms with Gasteiger partial charge in [-0.25, -0.2) is 0 Å². The van der Waals surface area contributed by atoms with Crippen molar-refractivity contribution in [2.75, 3.05) is 25.2 Å². The van der Waals surface area contributed by atoms with Gasteiger partial charge in [0.15, 0.2) is 18.0 Å². The van der Waals surface area contributed by atoms with Crippen LogP contribution in [-0.4, -0.2) is 25.8 Å². The quantitative estimate of drug-likeness (QED) is 0.849. The molecular weight excluding hydrogens is 292 g/mol. The molecule has 0 bridgehead atoms. The van der Waals surface area contributed by atoms with E-state index >= 15 is 0 Å². The van der Waals surface area contributed by atoms with Crippen LogP contribution < -0.4 is 19.7 Å². The number of rotatable bonds is 6. The van der Waals surface area contributed by atoms with Crippen LogP contribution in [0, 0.1) is 0 Å². The topological polar surface area (TPSA) is 52.0 Å². The van der Waals surface area contributed by atoms with Crippen LogP contribution >= 0.6 is 0 Å². The zero-order chi connectivity index (χ0) is 16.1. The number of hydrogen-bond donors (Lipinski definition) is 2. The molecule has 0 aliphatic carbocycles. The zero-order valence-corrected chi connectivity index (χ0v) is 13.2. The number of ether oxygens (including phenoxy) is 2. The molecule has 1 heterocycles. The zero-order valence-electron chi connectivity index (χ0n) is 13.2. The van der Waals surface area contributed by atoms with Crippen LogP contribution in [0.4, 0.5) is 5.69 Å². The van der Waals surface area contributed by atoms with E-state index in [1.807, 2.05) is 30.3 Å². The van der Waals surface area contributed by atoms with Gasteiger partial charge < -0.3 is 19.7 Å². The summed E-state index contributed by atoms with van der Waals surface area (Å²) in [5, 5.41) is 2.93. The first-order chi connectivity index (χ1) is 11.2. The summed E-state index contributed by atoms with van der Waals surface area (Å²) in [7, 11) is 0. The Kier molecular flexibility index (Phi) is 4.78. The molecule has 0 saturated heterocycles. The Balaban J connectivity index is 1.57. The van der Waals surface area contributed by atoms with Crippen molar-refractivity contribution in [3.8, 4) is 11.5 Å². The molecule has 1 amide bonds. The SMILES string of the molecule is CC[NH+](CC(=O)Nc1ccc2c(c1)OCO2)Cc1ccccc1. The molecule has 2 aromatic carbocycles. The molecule has 1 aliphatic rings. The van der Waals surface area contributed by atoms with E-state index in [1.165, 1.54) is 10.5 Å². The van der Waals surface area contributed by atoms with Gasteiger partial charge in [0.2, 0.25) is 6.79 Å². The molecular formula is C18H21N2O3+. The molecule has 0 fully saturated rings. The van der Waals surface area contributed by atoms with Gasteiger partial charge in [-0.1, -0.05) is 30.3 Å². The summed E-state index contributed by atoms with van der Waals surface area (Å²) in [5.74, 6) is 1.39. The average Bonchev–Trinajstić information content (AvgIpc) is 3.02. The van der Waals surface area contributed by atoms with E-state index in [9.17, 15) is 4.79 Å². The summed E-state index contributed by atoms with van der Waals surface area (Å²) in [6.07, 6.45) is 0. The molecule has 0 spiro atoms. The van der Waals surface area contributed by atoms with Gasteiger partial charge >= 0.3 is 0 Å². The lowest BCUT2D eigenvalue weighted by Crippen LogP contribution is -3.11. The fourth-order valence-corrected chi connectivity index (χ4v) is 2.60. The van der Waals surface area contributed by atoms with Crippen LogP contribution in [0.5, 0.6) is 11.5 Å². The number of nitrogens with one attached hydrogen (secondary N) is 2. The molecule has 2 aromatic rings. The maximum atomic E-state index is 12.3. The van der Waals surface area contributed by atoms with Crippen molar-refractivity contribution in [1.29, 1.82) is 0 Å². The van der Waals surface area contributed by atoms with Gasteiger partial charge in [-0.15, -0.1) is 0 Å². The molecule has 0 saturated carbocycles. The largest absolute Gasteiger partial charge is 0.454 e. The molecule has 0 radical (unpaired) electrons. The van der Waals surface area contributed by atoms with E-state index in [-0.39, 0.29) is 12.7 Å². The van der Waals surface area contributed by atoms with Crippen LogP contribution in [-0.2, 0) is 11.3 Å². The summed E-state index contributed by atoms with van der Waals surface area (Å²) < 4.78 is 10.6. The van der Waals surface area contributed by atoms with Gasteiger partial charge in [0.25, 0.3) is 5.91 Å². The second-order valence-electron chi connectivity index (χ2n) is 5.56. The van der Waals surface area contributed by atoms with Crippen molar-refractivity contribution in [2.24, 2.45) is 0 Å². The van der Waals surface area contributed by atoms with Crippen molar-refractivity contribution >= 4 is 11.6 Å². The predicted molar refractivity (Wildman–Crippen MR) is 87.7 cm³/mol. The minimum Gasteiger partial charge on any atom is -0.454 e. The Morgan fingerprint density at radius 3 is 2.70 bits per heavy atom. The minimum absolute atomic E-state index is 0.00311. The third-order valence-corrected chi connectivity index (χ3v) is 3.86. The third-order valence-electron chi connectivity index (χ3n) is 3.86. The molecule has 5 nitrogen and oxygen atoms in total. The lowest BCUT2D eigenvalue weighted by molar-refractivity contribution is -0.903. The van der Waals surface area contributed by atoms with Crippen LogP contribution in [0.25, 0.3) is 0 Å². The van der Waals surface area contributed by atoms with Crippen molar-refractivity contribution in [3.05, 3.63) is 54.1 Å². The first-order valence-corrected chi connectivity index (χ1v) is 7.81. The number of hydrogen-bond acceptors (Lipinski definition) is 3. The lowest BCUT2D eigenvalue weighted by atomic mass is 10.2. The Labute approximate surface area is 135 Å². The van der Waals surface area contributed by atoms with Gasteiger partial charge in [0, 0.05) is 17.3 Å². The highest BCUT2D eigenvalue weighted by molar-refractivity contribution is 5.91. The summed E-state index contributed by atoms with van der Waals surface area (Å²) in [6.45, 7) is 4.49. The molecule has 0 aromatic heterocycles. The van der Waals surface area contributed by atoms with Crippen molar-refractivity contribution < 1.29 is 19.2 Å². The number of anilines is 1. The van der Waals surface area contributed by atoms with E-state index in [0.717, 1.165) is 18.8 Å². The van der Waals surface area contributed by atoms with Crippen LogP contribution in [0.15, 0.2) is 48.5 Å². The van der Waals surface area contributed by atoms with E-state index in [2.05, 4.69) is 24.4 Å². The van der Waals surface area contributed by atoms with Gasteiger partial charge in [0.1, 0.15) is 6.54 Å². The Hall–Kier alpha value is -2.53. The van der Waals surface area contributed by atoms with Gasteiger partial charge in [-0.05, 0) is 19.1 Å². The highest BCUT2D eigenvalue weighted by Crippen LogP contribution is 2.34. The molecule has 23 heavy (non-hydrogen) atoms. The highest BCUT2D eigenvalue weighted by Gasteiger charge is 2.16. The Morgan fingerprint density at radius 1 is 1.13 bits per heavy atom. The standard InChI is InChI=1S/C18H20N2O3/c1-2-20(11-14-6-4-3-5-7-14)12-18(21)19-15-8-9-16-17(10-15)23-13-22-16/h3-10H,2,11-13H2,1H3,(H,19,21)/p+1. The number of carbonyl (C=O) groups excluding carboxylic acids is 1. The summed E-state index contributed by atoms with van der Waals surface area (Å²) in [4.78, 5) is 13.5. The predicted octanol–water partition coefficient (Wildman–Crippen LogP) is 1.46. The molecule has 5 heteroatoms. The first kappa shape index (κ1) is 15.4. The van der Waals surface area contributed by atoms with E-state index in [0.29, 0.717) is 18.0 Å². The van der Waals surface area contributed by atoms with Crippen molar-refractivity contribution in [3.63, 3.8) is 0 Å². The maximum absolute atomic E-state index is 12.3. The number of benzene rings is 2. The number of amides is 1. The summed E-state index contributed by atoms with van der Waals surface area (Å²) in [6, 6.07) is 15.7. The molecule has 120 valence electrons. The molecule has 2 N–H and O–H groups in total. The normalized spacial score (nSPS) is 13.6. The second-order valence-corrected chi connectivity index (χ2v) is 5.56. The van der Waals surface area contributed by atoms with Crippen molar-refractivity contribution in [1.82, 2.24) is 0 Å². The average molecular weight is 313 g/mol. The van der Waals surface area contributed by atoms with Gasteiger partial charge in [0.05, 0.1) is 6.54 Å². The van der Waals surface area contributed by atoms with E-state index in [4.69, 9.17) is 9.47 Å². The third kappa shape index (κ3) is 4.02. The molecule has 1 unspecified atom stereocenters. The molecule has 3 rings (SSSR count). The van der Waals surface area contributed by atoms with E-state index in [1.54, 1.807) is 6.07 Å². The highest BCUT2D eigenvalue weighted by atomic mass is 16.7. The number of carbonyl (C=O) groups is 1. The molecule has 1 aliphatic heterocycles. The van der Waals surface area contributed by atoms with E-state index < -0.39 is 0 Å².